The average Bonchev–Trinajstić information content (AvgIpc) is 2.79. The molecule has 1 N–H and O–H groups in total. The van der Waals surface area contributed by atoms with Gasteiger partial charge in [0.15, 0.2) is 0 Å². The van der Waals surface area contributed by atoms with Gasteiger partial charge in [0.25, 0.3) is 0 Å². The van der Waals surface area contributed by atoms with Crippen molar-refractivity contribution in [3.8, 4) is 0 Å². The summed E-state index contributed by atoms with van der Waals surface area (Å²) in [6.45, 7) is 2.10. The molecule has 148 valence electrons. The predicted octanol–water partition coefficient (Wildman–Crippen LogP) is 6.32. The Labute approximate surface area is 184 Å². The Kier molecular flexibility index (Phi) is 5.60. The van der Waals surface area contributed by atoms with Gasteiger partial charge in [-0.25, -0.2) is 8.42 Å². The van der Waals surface area contributed by atoms with Crippen molar-refractivity contribution in [2.45, 2.75) is 17.6 Å². The molecule has 0 atom stereocenters. The molecule has 3 aromatic carbocycles. The van der Waals surface area contributed by atoms with Gasteiger partial charge in [0, 0.05) is 20.8 Å². The van der Waals surface area contributed by atoms with Gasteiger partial charge in [-0.15, -0.1) is 11.8 Å². The van der Waals surface area contributed by atoms with Crippen molar-refractivity contribution in [3.05, 3.63) is 93.0 Å². The molecule has 0 radical (unpaired) electrons. The van der Waals surface area contributed by atoms with Crippen LogP contribution in [0.25, 0.3) is 11.6 Å². The van der Waals surface area contributed by atoms with Gasteiger partial charge in [-0.1, -0.05) is 52.3 Å². The van der Waals surface area contributed by atoms with Crippen LogP contribution in [-0.2, 0) is 15.8 Å². The summed E-state index contributed by atoms with van der Waals surface area (Å²) in [6, 6.07) is 20.3. The molecule has 0 spiro atoms. The maximum atomic E-state index is 11.6. The molecule has 3 aromatic rings. The number of nitrogens with one attached hydrogen (secondary N) is 1. The first-order valence-corrected chi connectivity index (χ1v) is 12.8. The summed E-state index contributed by atoms with van der Waals surface area (Å²) in [7, 11) is -3.32. The number of benzene rings is 3. The van der Waals surface area contributed by atoms with E-state index in [1.54, 1.807) is 6.07 Å². The third-order valence-electron chi connectivity index (χ3n) is 4.74. The van der Waals surface area contributed by atoms with E-state index in [1.165, 1.54) is 27.1 Å². The van der Waals surface area contributed by atoms with Gasteiger partial charge in [0.1, 0.15) is 0 Å². The zero-order valence-electron chi connectivity index (χ0n) is 16.1. The van der Waals surface area contributed by atoms with Gasteiger partial charge in [0.05, 0.1) is 6.26 Å². The van der Waals surface area contributed by atoms with Crippen molar-refractivity contribution in [1.82, 2.24) is 0 Å². The van der Waals surface area contributed by atoms with Crippen molar-refractivity contribution < 1.29 is 8.42 Å². The second-order valence-electron chi connectivity index (χ2n) is 7.10. The van der Waals surface area contributed by atoms with Gasteiger partial charge >= 0.3 is 0 Å². The molecule has 0 bridgehead atoms. The number of fused-ring (bicyclic) bond motifs is 2. The molecule has 1 aliphatic heterocycles. The highest BCUT2D eigenvalue weighted by Gasteiger charge is 2.19. The molecular weight excluding hydrogens is 466 g/mol. The number of hydrogen-bond acceptors (Lipinski definition) is 3. The summed E-state index contributed by atoms with van der Waals surface area (Å²) in [5, 5.41) is 0. The summed E-state index contributed by atoms with van der Waals surface area (Å²) in [4.78, 5) is 1.25. The topological polar surface area (TPSA) is 46.2 Å². The Hall–Kier alpha value is -2.02. The van der Waals surface area contributed by atoms with E-state index in [0.29, 0.717) is 5.69 Å². The molecule has 0 fully saturated rings. The SMILES string of the molecule is Cc1cc2c(cc1Br)/C(=C/c1cccc(NS(C)(=O)=O)c1)c1ccccc1CS2. The van der Waals surface area contributed by atoms with E-state index in [9.17, 15) is 8.42 Å². The maximum Gasteiger partial charge on any atom is 0.229 e. The van der Waals surface area contributed by atoms with Crippen molar-refractivity contribution in [3.63, 3.8) is 0 Å². The molecular formula is C23H20BrNO2S2. The first kappa shape index (κ1) is 20.3. The number of thioether (sulfide) groups is 1. The van der Waals surface area contributed by atoms with Crippen molar-refractivity contribution >= 4 is 55.1 Å². The van der Waals surface area contributed by atoms with Gasteiger partial charge < -0.3 is 0 Å². The molecule has 6 heteroatoms. The average molecular weight is 486 g/mol. The Morgan fingerprint density at radius 3 is 2.62 bits per heavy atom. The summed E-state index contributed by atoms with van der Waals surface area (Å²) >= 11 is 5.53. The largest absolute Gasteiger partial charge is 0.284 e. The van der Waals surface area contributed by atoms with Crippen molar-refractivity contribution in [2.24, 2.45) is 0 Å². The Balaban J connectivity index is 1.91. The highest BCUT2D eigenvalue weighted by atomic mass is 79.9. The minimum Gasteiger partial charge on any atom is -0.284 e. The third kappa shape index (κ3) is 4.60. The van der Waals surface area contributed by atoms with Crippen LogP contribution in [-0.4, -0.2) is 14.7 Å². The normalized spacial score (nSPS) is 14.8. The molecule has 3 nitrogen and oxygen atoms in total. The van der Waals surface area contributed by atoms with Crippen LogP contribution in [0.4, 0.5) is 5.69 Å². The molecule has 0 amide bonds. The molecule has 1 heterocycles. The smallest absolute Gasteiger partial charge is 0.229 e. The number of aryl methyl sites for hydroxylation is 1. The predicted molar refractivity (Wildman–Crippen MR) is 127 cm³/mol. The van der Waals surface area contributed by atoms with Gasteiger partial charge in [0.2, 0.25) is 10.0 Å². The second kappa shape index (κ2) is 8.01. The Bertz CT molecular complexity index is 1230. The molecule has 0 aliphatic carbocycles. The zero-order valence-corrected chi connectivity index (χ0v) is 19.3. The zero-order chi connectivity index (χ0) is 20.6. The minimum absolute atomic E-state index is 0.559. The number of sulfonamides is 1. The second-order valence-corrected chi connectivity index (χ2v) is 10.7. The Morgan fingerprint density at radius 1 is 1.03 bits per heavy atom. The van der Waals surface area contributed by atoms with Crippen LogP contribution >= 0.6 is 27.7 Å². The number of halogens is 1. The van der Waals surface area contributed by atoms with Crippen LogP contribution in [0.1, 0.15) is 27.8 Å². The standard InChI is InChI=1S/C23H20BrNO2S2/c1-15-10-23-21(13-22(15)24)20(19-9-4-3-7-17(19)14-28-23)12-16-6-5-8-18(11-16)25-29(2,26)27/h3-13,25H,14H2,1-2H3/b20-12+. The van der Waals surface area contributed by atoms with E-state index >= 15 is 0 Å². The van der Waals surface area contributed by atoms with E-state index in [1.807, 2.05) is 30.0 Å². The van der Waals surface area contributed by atoms with Crippen LogP contribution < -0.4 is 4.72 Å². The van der Waals surface area contributed by atoms with Gasteiger partial charge in [-0.2, -0.15) is 0 Å². The van der Waals surface area contributed by atoms with Crippen LogP contribution in [0.15, 0.2) is 70.0 Å². The highest BCUT2D eigenvalue weighted by molar-refractivity contribution is 9.10. The first-order chi connectivity index (χ1) is 13.8. The van der Waals surface area contributed by atoms with Crippen LogP contribution in [0.5, 0.6) is 0 Å². The number of anilines is 1. The van der Waals surface area contributed by atoms with E-state index in [4.69, 9.17) is 0 Å². The summed E-state index contributed by atoms with van der Waals surface area (Å²) in [5.41, 5.74) is 7.52. The monoisotopic (exact) mass is 485 g/mol. The minimum atomic E-state index is -3.32. The van der Waals surface area contributed by atoms with Crippen molar-refractivity contribution in [2.75, 3.05) is 11.0 Å². The van der Waals surface area contributed by atoms with Gasteiger partial charge in [-0.3, -0.25) is 4.72 Å². The molecule has 0 saturated heterocycles. The third-order valence-corrected chi connectivity index (χ3v) is 7.31. The fraction of sp³-hybridized carbons (Fsp3) is 0.130. The quantitative estimate of drug-likeness (QED) is 0.471. The molecule has 0 aromatic heterocycles. The molecule has 4 rings (SSSR count). The Morgan fingerprint density at radius 2 is 1.83 bits per heavy atom. The number of rotatable bonds is 3. The van der Waals surface area contributed by atoms with E-state index in [2.05, 4.69) is 70.0 Å². The maximum absolute atomic E-state index is 11.6. The number of hydrogen-bond donors (Lipinski definition) is 1. The van der Waals surface area contributed by atoms with Crippen LogP contribution in [0.2, 0.25) is 0 Å². The lowest BCUT2D eigenvalue weighted by molar-refractivity contribution is 0.607. The summed E-state index contributed by atoms with van der Waals surface area (Å²) < 4.78 is 26.9. The summed E-state index contributed by atoms with van der Waals surface area (Å²) in [5.74, 6) is 0.914. The lowest BCUT2D eigenvalue weighted by Crippen LogP contribution is -2.09. The molecule has 0 unspecified atom stereocenters. The lowest BCUT2D eigenvalue weighted by atomic mass is 9.92. The van der Waals surface area contributed by atoms with Crippen molar-refractivity contribution in [1.29, 1.82) is 0 Å². The molecule has 29 heavy (non-hydrogen) atoms. The fourth-order valence-corrected chi connectivity index (χ4v) is 5.47. The van der Waals surface area contributed by atoms with E-state index in [-0.39, 0.29) is 0 Å². The highest BCUT2D eigenvalue weighted by Crippen LogP contribution is 2.43. The van der Waals surface area contributed by atoms with E-state index in [0.717, 1.165) is 27.6 Å². The lowest BCUT2D eigenvalue weighted by Gasteiger charge is -2.14. The summed E-state index contributed by atoms with van der Waals surface area (Å²) in [6.07, 6.45) is 3.30. The molecule has 1 aliphatic rings. The van der Waals surface area contributed by atoms with Crippen LogP contribution in [0, 0.1) is 6.92 Å². The van der Waals surface area contributed by atoms with E-state index < -0.39 is 10.0 Å². The fourth-order valence-electron chi connectivity index (χ4n) is 3.42. The van der Waals surface area contributed by atoms with Gasteiger partial charge in [-0.05, 0) is 70.7 Å². The van der Waals surface area contributed by atoms with Crippen LogP contribution in [0.3, 0.4) is 0 Å². The first-order valence-electron chi connectivity index (χ1n) is 9.11. The molecule has 0 saturated carbocycles.